The number of unbranched alkanes of at least 4 members (excludes halogenated alkanes) is 1. The summed E-state index contributed by atoms with van der Waals surface area (Å²) in [4.78, 5) is 58.8. The van der Waals surface area contributed by atoms with Gasteiger partial charge in [0.05, 0.1) is 24.1 Å². The summed E-state index contributed by atoms with van der Waals surface area (Å²) in [5.74, 6) is -1.29. The van der Waals surface area contributed by atoms with E-state index >= 15 is 4.39 Å². The van der Waals surface area contributed by atoms with Crippen molar-refractivity contribution in [1.82, 2.24) is 19.5 Å². The molecule has 3 heterocycles. The maximum atomic E-state index is 16.0. The number of fused-ring (bicyclic) bond motifs is 4. The van der Waals surface area contributed by atoms with E-state index in [9.17, 15) is 19.2 Å². The zero-order valence-electron chi connectivity index (χ0n) is 27.6. The van der Waals surface area contributed by atoms with Crippen LogP contribution in [0.2, 0.25) is 0 Å². The minimum absolute atomic E-state index is 0.0391. The first kappa shape index (κ1) is 32.6. The molecule has 1 amide bonds. The van der Waals surface area contributed by atoms with Gasteiger partial charge in [0.2, 0.25) is 5.43 Å². The van der Waals surface area contributed by atoms with Gasteiger partial charge in [-0.2, -0.15) is 0 Å². The molecule has 0 radical (unpaired) electrons. The Morgan fingerprint density at radius 2 is 1.59 bits per heavy atom. The minimum Gasteiger partial charge on any atom is -0.451 e. The molecule has 4 aromatic carbocycles. The lowest BCUT2D eigenvalue weighted by Gasteiger charge is -2.26. The fourth-order valence-corrected chi connectivity index (χ4v) is 6.73. The molecule has 0 aliphatic carbocycles. The van der Waals surface area contributed by atoms with Crippen molar-refractivity contribution < 1.29 is 18.3 Å². The minimum atomic E-state index is -0.708. The molecule has 0 unspecified atom stereocenters. The van der Waals surface area contributed by atoms with Crippen LogP contribution < -0.4 is 26.9 Å². The number of carbonyl (C=O) groups is 1. The third kappa shape index (κ3) is 6.11. The smallest absolute Gasteiger partial charge is 0.256 e. The number of nitrogens with zero attached hydrogens (tertiary/aromatic N) is 3. The van der Waals surface area contributed by atoms with Crippen LogP contribution in [0.25, 0.3) is 49.1 Å². The summed E-state index contributed by atoms with van der Waals surface area (Å²) >= 11 is 0. The number of morpholine rings is 1. The van der Waals surface area contributed by atoms with Gasteiger partial charge in [-0.3, -0.25) is 24.1 Å². The van der Waals surface area contributed by atoms with Gasteiger partial charge >= 0.3 is 0 Å². The highest BCUT2D eigenvalue weighted by atomic mass is 19.1. The molecule has 6 aromatic rings. The second kappa shape index (κ2) is 13.5. The Bertz CT molecular complexity index is 2400. The number of rotatable bonds is 11. The molecule has 2 aromatic heterocycles. The predicted octanol–water partition coefficient (Wildman–Crippen LogP) is 4.01. The highest BCUT2D eigenvalue weighted by molar-refractivity contribution is 6.08. The van der Waals surface area contributed by atoms with Crippen LogP contribution >= 0.6 is 0 Å². The molecule has 0 atom stereocenters. The summed E-state index contributed by atoms with van der Waals surface area (Å²) in [6.45, 7) is 5.48. The Morgan fingerprint density at radius 3 is 2.31 bits per heavy atom. The molecular formula is C37H38FN5O6. The van der Waals surface area contributed by atoms with E-state index < -0.39 is 17.2 Å². The quantitative estimate of drug-likeness (QED) is 0.120. The van der Waals surface area contributed by atoms with Gasteiger partial charge in [0.1, 0.15) is 16.8 Å². The van der Waals surface area contributed by atoms with Crippen LogP contribution in [0.3, 0.4) is 0 Å². The van der Waals surface area contributed by atoms with Crippen LogP contribution in [0.15, 0.2) is 67.5 Å². The van der Waals surface area contributed by atoms with Gasteiger partial charge in [-0.1, -0.05) is 24.3 Å². The normalized spacial score (nSPS) is 14.2. The molecule has 11 nitrogen and oxygen atoms in total. The molecule has 1 aliphatic rings. The zero-order valence-corrected chi connectivity index (χ0v) is 27.6. The molecule has 0 bridgehead atoms. The topological polar surface area (TPSA) is 126 Å². The van der Waals surface area contributed by atoms with E-state index in [4.69, 9.17) is 9.15 Å². The SMILES string of the molecule is CN(C)CCCCNC(=O)c1cn2c3cc4c(=O)c5ccccc5c(=O)c4cc3oc3c(NCCCN4CCOCC4)c(F)cc(c1=O)c32. The van der Waals surface area contributed by atoms with E-state index in [2.05, 4.69) is 20.4 Å². The Balaban J connectivity index is 1.39. The first-order valence-electron chi connectivity index (χ1n) is 16.7. The van der Waals surface area contributed by atoms with Crippen molar-refractivity contribution in [3.05, 3.63) is 90.7 Å². The standard InChI is InChI=1S/C37H38FN5O6/c1-41(2)12-6-5-10-40-37(47)27-21-43-29-19-24-25(34(45)23-9-4-3-8-22(23)33(24)44)20-30(29)49-36-31(28(38)18-26(32(36)43)35(27)46)39-11-7-13-42-14-16-48-17-15-42/h3-4,8-9,18-21,39H,5-7,10-17H2,1-2H3,(H,40,47). The first-order chi connectivity index (χ1) is 23.7. The second-order valence-electron chi connectivity index (χ2n) is 12.9. The number of benzene rings is 4. The fourth-order valence-electron chi connectivity index (χ4n) is 6.73. The van der Waals surface area contributed by atoms with Crippen LogP contribution in [0, 0.1) is 5.82 Å². The van der Waals surface area contributed by atoms with E-state index in [-0.39, 0.29) is 54.9 Å². The molecule has 0 saturated carbocycles. The number of aromatic nitrogens is 1. The molecule has 7 rings (SSSR count). The van der Waals surface area contributed by atoms with Gasteiger partial charge < -0.3 is 29.1 Å². The highest BCUT2D eigenvalue weighted by Crippen LogP contribution is 2.34. The Labute approximate surface area is 280 Å². The van der Waals surface area contributed by atoms with Crippen molar-refractivity contribution in [3.63, 3.8) is 0 Å². The number of anilines is 1. The Morgan fingerprint density at radius 1 is 0.878 bits per heavy atom. The summed E-state index contributed by atoms with van der Waals surface area (Å²) in [7, 11) is 3.95. The van der Waals surface area contributed by atoms with Crippen molar-refractivity contribution in [2.75, 3.05) is 71.9 Å². The maximum Gasteiger partial charge on any atom is 0.256 e. The summed E-state index contributed by atoms with van der Waals surface area (Å²) in [6, 6.07) is 10.8. The fraction of sp³-hybridized carbons (Fsp3) is 0.351. The van der Waals surface area contributed by atoms with Crippen molar-refractivity contribution in [2.24, 2.45) is 0 Å². The van der Waals surface area contributed by atoms with Crippen LogP contribution in [0.4, 0.5) is 10.1 Å². The maximum absolute atomic E-state index is 16.0. The van der Waals surface area contributed by atoms with Crippen LogP contribution in [0.1, 0.15) is 29.6 Å². The number of amides is 1. The van der Waals surface area contributed by atoms with Crippen LogP contribution in [0.5, 0.6) is 0 Å². The van der Waals surface area contributed by atoms with Gasteiger partial charge in [0, 0.05) is 53.9 Å². The van der Waals surface area contributed by atoms with Gasteiger partial charge in [0.15, 0.2) is 27.8 Å². The largest absolute Gasteiger partial charge is 0.451 e. The Kier molecular flexibility index (Phi) is 9.01. The number of hydrogen-bond acceptors (Lipinski definition) is 9. The van der Waals surface area contributed by atoms with Gasteiger partial charge in [-0.25, -0.2) is 4.39 Å². The van der Waals surface area contributed by atoms with Crippen molar-refractivity contribution in [1.29, 1.82) is 0 Å². The number of pyridine rings is 1. The van der Waals surface area contributed by atoms with Crippen LogP contribution in [-0.4, -0.2) is 86.7 Å². The molecule has 254 valence electrons. The van der Waals surface area contributed by atoms with Gasteiger partial charge in [0.25, 0.3) is 5.91 Å². The molecule has 12 heteroatoms. The average molecular weight is 668 g/mol. The molecule has 0 spiro atoms. The summed E-state index contributed by atoms with van der Waals surface area (Å²) < 4.78 is 29.4. The number of halogens is 1. The van der Waals surface area contributed by atoms with E-state index in [1.807, 2.05) is 14.1 Å². The van der Waals surface area contributed by atoms with Crippen LogP contribution in [-0.2, 0) is 4.74 Å². The summed E-state index contributed by atoms with van der Waals surface area (Å²) in [5.41, 5.74) is -0.539. The lowest BCUT2D eigenvalue weighted by molar-refractivity contribution is 0.0378. The number of carbonyl (C=O) groups excluding carboxylic acids is 1. The predicted molar refractivity (Wildman–Crippen MR) is 190 cm³/mol. The molecule has 1 fully saturated rings. The number of hydrogen-bond donors (Lipinski definition) is 2. The second-order valence-corrected chi connectivity index (χ2v) is 12.9. The van der Waals surface area contributed by atoms with E-state index in [1.165, 1.54) is 12.3 Å². The molecule has 1 saturated heterocycles. The summed E-state index contributed by atoms with van der Waals surface area (Å²) in [5, 5.41) is 6.89. The van der Waals surface area contributed by atoms with Crippen molar-refractivity contribution in [3.8, 4) is 0 Å². The lowest BCUT2D eigenvalue weighted by atomic mass is 10.0. The zero-order chi connectivity index (χ0) is 34.2. The number of ether oxygens (including phenoxy) is 1. The third-order valence-electron chi connectivity index (χ3n) is 9.29. The molecular weight excluding hydrogens is 629 g/mol. The molecule has 2 N–H and O–H groups in total. The summed E-state index contributed by atoms with van der Waals surface area (Å²) in [6.07, 6.45) is 3.71. The van der Waals surface area contributed by atoms with Crippen molar-refractivity contribution >= 4 is 60.7 Å². The Hall–Kier alpha value is -4.91. The molecule has 49 heavy (non-hydrogen) atoms. The van der Waals surface area contributed by atoms with E-state index in [0.717, 1.165) is 45.1 Å². The van der Waals surface area contributed by atoms with E-state index in [1.54, 1.807) is 34.7 Å². The monoisotopic (exact) mass is 667 g/mol. The number of nitrogens with one attached hydrogen (secondary N) is 2. The van der Waals surface area contributed by atoms with Gasteiger partial charge in [-0.15, -0.1) is 0 Å². The highest BCUT2D eigenvalue weighted by Gasteiger charge is 2.24. The van der Waals surface area contributed by atoms with Crippen molar-refractivity contribution in [2.45, 2.75) is 19.3 Å². The first-order valence-corrected chi connectivity index (χ1v) is 16.7. The van der Waals surface area contributed by atoms with Gasteiger partial charge in [-0.05, 0) is 64.6 Å². The third-order valence-corrected chi connectivity index (χ3v) is 9.29. The average Bonchev–Trinajstić information content (AvgIpc) is 3.10. The molecule has 1 aliphatic heterocycles. The van der Waals surface area contributed by atoms with E-state index in [0.29, 0.717) is 49.0 Å². The lowest BCUT2D eigenvalue weighted by Crippen LogP contribution is -2.37.